The maximum Gasteiger partial charge on any atom is 0.253 e. The van der Waals surface area contributed by atoms with E-state index in [0.29, 0.717) is 0 Å². The molecule has 4 nitrogen and oxygen atoms in total. The van der Waals surface area contributed by atoms with E-state index in [0.717, 1.165) is 24.3 Å². The molecule has 1 aromatic rings. The molecular weight excluding hydrogens is 240 g/mol. The third-order valence-corrected chi connectivity index (χ3v) is 3.66. The van der Waals surface area contributed by atoms with E-state index in [2.05, 4.69) is 22.3 Å². The molecule has 104 valence electrons. The van der Waals surface area contributed by atoms with Gasteiger partial charge in [0.05, 0.1) is 0 Å². The molecule has 0 bridgehead atoms. The molecule has 1 aliphatic rings. The number of methoxy groups -OCH3 is 1. The lowest BCUT2D eigenvalue weighted by Gasteiger charge is -2.19. The molecule has 2 rings (SSSR count). The Labute approximate surface area is 114 Å². The summed E-state index contributed by atoms with van der Waals surface area (Å²) in [4.78, 5) is 14.2. The molecule has 0 saturated carbocycles. The largest absolute Gasteiger partial charge is 0.372 e. The summed E-state index contributed by atoms with van der Waals surface area (Å²) in [6, 6.07) is 6.19. The van der Waals surface area contributed by atoms with Crippen LogP contribution in [0.4, 0.5) is 11.4 Å². The summed E-state index contributed by atoms with van der Waals surface area (Å²) < 4.78 is 5.01. The van der Waals surface area contributed by atoms with Gasteiger partial charge in [0, 0.05) is 31.6 Å². The summed E-state index contributed by atoms with van der Waals surface area (Å²) in [5.74, 6) is -0.112. The molecule has 19 heavy (non-hydrogen) atoms. The van der Waals surface area contributed by atoms with Crippen molar-refractivity contribution in [1.29, 1.82) is 0 Å². The smallest absolute Gasteiger partial charge is 0.253 e. The van der Waals surface area contributed by atoms with Gasteiger partial charge in [-0.2, -0.15) is 0 Å². The predicted molar refractivity (Wildman–Crippen MR) is 77.7 cm³/mol. The van der Waals surface area contributed by atoms with E-state index in [4.69, 9.17) is 4.74 Å². The van der Waals surface area contributed by atoms with E-state index >= 15 is 0 Å². The highest BCUT2D eigenvalue weighted by atomic mass is 16.5. The van der Waals surface area contributed by atoms with Crippen molar-refractivity contribution in [3.05, 3.63) is 23.8 Å². The first-order valence-corrected chi connectivity index (χ1v) is 6.81. The lowest BCUT2D eigenvalue weighted by molar-refractivity contribution is -0.124. The first-order chi connectivity index (χ1) is 9.11. The third kappa shape index (κ3) is 3.26. The van der Waals surface area contributed by atoms with Gasteiger partial charge in [0.15, 0.2) is 0 Å². The number of anilines is 2. The van der Waals surface area contributed by atoms with Crippen molar-refractivity contribution in [1.82, 2.24) is 0 Å². The average molecular weight is 262 g/mol. The normalized spacial score (nSPS) is 16.5. The minimum absolute atomic E-state index is 0.112. The molecular formula is C15H22N2O2. The summed E-state index contributed by atoms with van der Waals surface area (Å²) in [6.45, 7) is 6.02. The Morgan fingerprint density at radius 2 is 2.05 bits per heavy atom. The molecule has 1 aromatic carbocycles. The van der Waals surface area contributed by atoms with Crippen LogP contribution in [0.2, 0.25) is 0 Å². The first-order valence-electron chi connectivity index (χ1n) is 6.81. The van der Waals surface area contributed by atoms with Crippen molar-refractivity contribution in [2.24, 2.45) is 0 Å². The molecule has 1 N–H and O–H groups in total. The first kappa shape index (κ1) is 13.9. The van der Waals surface area contributed by atoms with Gasteiger partial charge in [-0.05, 0) is 50.5 Å². The number of rotatable bonds is 4. The number of nitrogens with zero attached hydrogens (tertiary/aromatic N) is 1. The van der Waals surface area contributed by atoms with Gasteiger partial charge in [-0.15, -0.1) is 0 Å². The second kappa shape index (κ2) is 6.06. The summed E-state index contributed by atoms with van der Waals surface area (Å²) >= 11 is 0. The molecule has 0 spiro atoms. The Hall–Kier alpha value is -1.55. The molecule has 1 fully saturated rings. The standard InChI is InChI=1S/C15H22N2O2/c1-11-10-13(17-8-4-5-9-17)6-7-14(11)16-15(18)12(2)19-3/h6-7,10,12H,4-5,8-9H2,1-3H3,(H,16,18). The summed E-state index contributed by atoms with van der Waals surface area (Å²) in [6.07, 6.45) is 2.10. The molecule has 1 atom stereocenters. The van der Waals surface area contributed by atoms with E-state index in [9.17, 15) is 4.79 Å². The van der Waals surface area contributed by atoms with Crippen LogP contribution in [0, 0.1) is 6.92 Å². The lowest BCUT2D eigenvalue weighted by Crippen LogP contribution is -2.27. The fourth-order valence-corrected chi connectivity index (χ4v) is 2.30. The van der Waals surface area contributed by atoms with E-state index in [1.165, 1.54) is 25.6 Å². The second-order valence-electron chi connectivity index (χ2n) is 5.06. The van der Waals surface area contributed by atoms with Gasteiger partial charge >= 0.3 is 0 Å². The van der Waals surface area contributed by atoms with Crippen LogP contribution in [-0.2, 0) is 9.53 Å². The number of hydrogen-bond donors (Lipinski definition) is 1. The molecule has 1 unspecified atom stereocenters. The van der Waals surface area contributed by atoms with Gasteiger partial charge in [-0.3, -0.25) is 4.79 Å². The highest BCUT2D eigenvalue weighted by molar-refractivity contribution is 5.94. The Morgan fingerprint density at radius 3 is 2.63 bits per heavy atom. The van der Waals surface area contributed by atoms with Crippen LogP contribution >= 0.6 is 0 Å². The van der Waals surface area contributed by atoms with E-state index in [1.54, 1.807) is 6.92 Å². The van der Waals surface area contributed by atoms with Crippen molar-refractivity contribution in [3.63, 3.8) is 0 Å². The Morgan fingerprint density at radius 1 is 1.37 bits per heavy atom. The number of benzene rings is 1. The average Bonchev–Trinajstić information content (AvgIpc) is 2.94. The van der Waals surface area contributed by atoms with Gasteiger partial charge in [-0.25, -0.2) is 0 Å². The monoisotopic (exact) mass is 262 g/mol. The van der Waals surface area contributed by atoms with Crippen LogP contribution in [-0.4, -0.2) is 32.2 Å². The maximum atomic E-state index is 11.8. The van der Waals surface area contributed by atoms with Crippen LogP contribution in [0.3, 0.4) is 0 Å². The number of nitrogens with one attached hydrogen (secondary N) is 1. The molecule has 1 saturated heterocycles. The SMILES string of the molecule is COC(C)C(=O)Nc1ccc(N2CCCC2)cc1C. The topological polar surface area (TPSA) is 41.6 Å². The van der Waals surface area contributed by atoms with Gasteiger partial charge in [0.2, 0.25) is 0 Å². The van der Waals surface area contributed by atoms with Crippen LogP contribution in [0.25, 0.3) is 0 Å². The zero-order valence-corrected chi connectivity index (χ0v) is 11.9. The molecule has 0 radical (unpaired) electrons. The van der Waals surface area contributed by atoms with Crippen molar-refractivity contribution in [2.45, 2.75) is 32.8 Å². The molecule has 4 heteroatoms. The summed E-state index contributed by atoms with van der Waals surface area (Å²) in [5, 5.41) is 2.90. The number of carbonyl (C=O) groups excluding carboxylic acids is 1. The van der Waals surface area contributed by atoms with Crippen molar-refractivity contribution < 1.29 is 9.53 Å². The fraction of sp³-hybridized carbons (Fsp3) is 0.533. The summed E-state index contributed by atoms with van der Waals surface area (Å²) in [5.41, 5.74) is 3.19. The van der Waals surface area contributed by atoms with Gasteiger partial charge in [0.25, 0.3) is 5.91 Å². The van der Waals surface area contributed by atoms with Crippen LogP contribution in [0.15, 0.2) is 18.2 Å². The molecule has 0 aromatic heterocycles. The number of aryl methyl sites for hydroxylation is 1. The predicted octanol–water partition coefficient (Wildman–Crippen LogP) is 2.57. The highest BCUT2D eigenvalue weighted by Crippen LogP contribution is 2.25. The quantitative estimate of drug-likeness (QED) is 0.906. The number of amides is 1. The highest BCUT2D eigenvalue weighted by Gasteiger charge is 2.15. The summed E-state index contributed by atoms with van der Waals surface area (Å²) in [7, 11) is 1.54. The van der Waals surface area contributed by atoms with Crippen LogP contribution in [0.1, 0.15) is 25.3 Å². The van der Waals surface area contributed by atoms with Crippen molar-refractivity contribution in [3.8, 4) is 0 Å². The van der Waals surface area contributed by atoms with Crippen LogP contribution in [0.5, 0.6) is 0 Å². The Bertz CT molecular complexity index is 453. The van der Waals surface area contributed by atoms with E-state index in [-0.39, 0.29) is 5.91 Å². The van der Waals surface area contributed by atoms with Crippen LogP contribution < -0.4 is 10.2 Å². The second-order valence-corrected chi connectivity index (χ2v) is 5.06. The number of hydrogen-bond acceptors (Lipinski definition) is 3. The Kier molecular flexibility index (Phi) is 4.43. The zero-order valence-electron chi connectivity index (χ0n) is 11.9. The van der Waals surface area contributed by atoms with Crippen molar-refractivity contribution in [2.75, 3.05) is 30.4 Å². The third-order valence-electron chi connectivity index (χ3n) is 3.66. The fourth-order valence-electron chi connectivity index (χ4n) is 2.30. The Balaban J connectivity index is 2.08. The minimum Gasteiger partial charge on any atom is -0.372 e. The maximum absolute atomic E-state index is 11.8. The number of ether oxygens (including phenoxy) is 1. The van der Waals surface area contributed by atoms with E-state index < -0.39 is 6.10 Å². The van der Waals surface area contributed by atoms with E-state index in [1.807, 2.05) is 13.0 Å². The minimum atomic E-state index is -0.433. The number of carbonyl (C=O) groups is 1. The lowest BCUT2D eigenvalue weighted by atomic mass is 10.1. The molecule has 1 heterocycles. The zero-order chi connectivity index (χ0) is 13.8. The van der Waals surface area contributed by atoms with Crippen molar-refractivity contribution >= 4 is 17.3 Å². The van der Waals surface area contributed by atoms with Gasteiger partial charge in [-0.1, -0.05) is 0 Å². The van der Waals surface area contributed by atoms with Gasteiger partial charge < -0.3 is 15.0 Å². The molecule has 0 aliphatic carbocycles. The molecule has 1 amide bonds. The van der Waals surface area contributed by atoms with Gasteiger partial charge in [0.1, 0.15) is 6.10 Å². The molecule has 1 aliphatic heterocycles.